The summed E-state index contributed by atoms with van der Waals surface area (Å²) in [5.41, 5.74) is 0.302. The number of rotatable bonds is 3. The van der Waals surface area contributed by atoms with E-state index in [0.717, 1.165) is 17.8 Å². The van der Waals surface area contributed by atoms with E-state index in [1.165, 1.54) is 50.7 Å². The highest BCUT2D eigenvalue weighted by atomic mass is 16.3. The normalized spacial score (nSPS) is 35.5. The molecule has 0 saturated heterocycles. The Bertz CT molecular complexity index is 555. The molecule has 1 aromatic rings. The minimum absolute atomic E-state index is 0.0844. The van der Waals surface area contributed by atoms with Crippen molar-refractivity contribution < 1.29 is 15.0 Å². The third-order valence-electron chi connectivity index (χ3n) is 5.99. The van der Waals surface area contributed by atoms with Crippen molar-refractivity contribution in [2.24, 2.45) is 23.2 Å². The molecule has 4 saturated carbocycles. The van der Waals surface area contributed by atoms with E-state index in [4.69, 9.17) is 0 Å². The number of benzene rings is 1. The molecule has 0 atom stereocenters. The van der Waals surface area contributed by atoms with Gasteiger partial charge in [-0.05, 0) is 73.8 Å². The monoisotopic (exact) mass is 301 g/mol. The molecular formula is C18H23NO3. The van der Waals surface area contributed by atoms with Crippen molar-refractivity contribution in [2.45, 2.75) is 44.9 Å². The Morgan fingerprint density at radius 3 is 2.05 bits per heavy atom. The summed E-state index contributed by atoms with van der Waals surface area (Å²) in [5, 5.41) is 22.3. The van der Waals surface area contributed by atoms with Gasteiger partial charge in [0.1, 0.15) is 17.2 Å². The zero-order valence-electron chi connectivity index (χ0n) is 12.7. The number of anilines is 1. The molecular weight excluding hydrogens is 278 g/mol. The topological polar surface area (TPSA) is 69.6 Å². The molecule has 118 valence electrons. The minimum Gasteiger partial charge on any atom is -0.506 e. The number of phenols is 2. The van der Waals surface area contributed by atoms with Crippen molar-refractivity contribution >= 4 is 11.6 Å². The van der Waals surface area contributed by atoms with Gasteiger partial charge < -0.3 is 15.5 Å². The van der Waals surface area contributed by atoms with Gasteiger partial charge in [0.05, 0.1) is 0 Å². The van der Waals surface area contributed by atoms with Crippen LogP contribution in [0, 0.1) is 23.2 Å². The predicted octanol–water partition coefficient (Wildman–Crippen LogP) is 3.64. The maximum absolute atomic E-state index is 12.5. The summed E-state index contributed by atoms with van der Waals surface area (Å²) >= 11 is 0. The number of carbonyl (C=O) groups excluding carboxylic acids is 1. The summed E-state index contributed by atoms with van der Waals surface area (Å²) in [5.74, 6) is 2.20. The van der Waals surface area contributed by atoms with Gasteiger partial charge in [-0.2, -0.15) is 0 Å². The van der Waals surface area contributed by atoms with Gasteiger partial charge in [0.15, 0.2) is 0 Å². The first kappa shape index (κ1) is 13.9. The van der Waals surface area contributed by atoms with Crippen LogP contribution in [0.15, 0.2) is 18.2 Å². The van der Waals surface area contributed by atoms with Gasteiger partial charge in [-0.1, -0.05) is 6.07 Å². The highest BCUT2D eigenvalue weighted by molar-refractivity contribution is 5.94. The summed E-state index contributed by atoms with van der Waals surface area (Å²) in [6.45, 7) is 0. The fourth-order valence-corrected chi connectivity index (χ4v) is 5.69. The summed E-state index contributed by atoms with van der Waals surface area (Å²) in [7, 11) is 0. The maximum Gasteiger partial charge on any atom is 0.225 e. The number of phenolic OH excluding ortho intramolecular Hbond substituents is 2. The van der Waals surface area contributed by atoms with Crippen LogP contribution in [0.2, 0.25) is 0 Å². The first-order valence-electron chi connectivity index (χ1n) is 8.34. The largest absolute Gasteiger partial charge is 0.506 e. The Morgan fingerprint density at radius 1 is 1.05 bits per heavy atom. The van der Waals surface area contributed by atoms with Gasteiger partial charge in [-0.3, -0.25) is 4.79 Å². The first-order valence-corrected chi connectivity index (χ1v) is 8.34. The average Bonchev–Trinajstić information content (AvgIpc) is 2.41. The van der Waals surface area contributed by atoms with E-state index in [1.807, 2.05) is 0 Å². The van der Waals surface area contributed by atoms with Crippen molar-refractivity contribution in [2.75, 3.05) is 5.32 Å². The van der Waals surface area contributed by atoms with E-state index >= 15 is 0 Å². The second kappa shape index (κ2) is 4.90. The first-order chi connectivity index (χ1) is 10.5. The van der Waals surface area contributed by atoms with Crippen LogP contribution >= 0.6 is 0 Å². The smallest absolute Gasteiger partial charge is 0.225 e. The molecule has 0 heterocycles. The highest BCUT2D eigenvalue weighted by Crippen LogP contribution is 2.61. The molecule has 5 rings (SSSR count). The van der Waals surface area contributed by atoms with Crippen LogP contribution in [-0.4, -0.2) is 16.1 Å². The SMILES string of the molecule is O=C(CC12CC3CC(CC(C3)C1)C2)Nc1c(O)cccc1O. The van der Waals surface area contributed by atoms with Crippen LogP contribution in [0.4, 0.5) is 5.69 Å². The summed E-state index contributed by atoms with van der Waals surface area (Å²) in [4.78, 5) is 12.5. The number of carbonyl (C=O) groups is 1. The number of para-hydroxylation sites is 1. The zero-order chi connectivity index (χ0) is 15.3. The standard InChI is InChI=1S/C18H23NO3/c20-14-2-1-3-15(21)17(14)19-16(22)10-18-7-11-4-12(8-18)6-13(5-11)9-18/h1-3,11-13,20-21H,4-10H2,(H,19,22). The van der Waals surface area contributed by atoms with Crippen LogP contribution in [0.5, 0.6) is 11.5 Å². The molecule has 0 aromatic heterocycles. The third kappa shape index (κ3) is 2.34. The second-order valence-corrected chi connectivity index (χ2v) is 7.81. The lowest BCUT2D eigenvalue weighted by Gasteiger charge is -2.56. The minimum atomic E-state index is -0.0845. The van der Waals surface area contributed by atoms with Crippen molar-refractivity contribution in [1.82, 2.24) is 0 Å². The summed E-state index contributed by atoms with van der Waals surface area (Å²) in [6.07, 6.45) is 8.14. The van der Waals surface area contributed by atoms with Crippen LogP contribution in [-0.2, 0) is 4.79 Å². The Kier molecular flexibility index (Phi) is 3.10. The fraction of sp³-hybridized carbons (Fsp3) is 0.611. The molecule has 0 aliphatic heterocycles. The molecule has 4 nitrogen and oxygen atoms in total. The average molecular weight is 301 g/mol. The van der Waals surface area contributed by atoms with Gasteiger partial charge in [0.2, 0.25) is 5.91 Å². The number of aromatic hydroxyl groups is 2. The van der Waals surface area contributed by atoms with Crippen LogP contribution < -0.4 is 5.32 Å². The molecule has 1 amide bonds. The molecule has 22 heavy (non-hydrogen) atoms. The van der Waals surface area contributed by atoms with Crippen molar-refractivity contribution in [3.8, 4) is 11.5 Å². The lowest BCUT2D eigenvalue weighted by molar-refractivity contribution is -0.124. The molecule has 3 N–H and O–H groups in total. The van der Waals surface area contributed by atoms with E-state index < -0.39 is 0 Å². The van der Waals surface area contributed by atoms with Gasteiger partial charge in [-0.15, -0.1) is 0 Å². The quantitative estimate of drug-likeness (QED) is 0.746. The van der Waals surface area contributed by atoms with E-state index in [0.29, 0.717) is 6.42 Å². The zero-order valence-corrected chi connectivity index (χ0v) is 12.7. The predicted molar refractivity (Wildman–Crippen MR) is 83.6 cm³/mol. The van der Waals surface area contributed by atoms with Gasteiger partial charge in [0.25, 0.3) is 0 Å². The Labute approximate surface area is 130 Å². The van der Waals surface area contributed by atoms with Crippen molar-refractivity contribution in [3.05, 3.63) is 18.2 Å². The molecule has 0 unspecified atom stereocenters. The summed E-state index contributed by atoms with van der Waals surface area (Å²) < 4.78 is 0. The molecule has 4 fully saturated rings. The van der Waals surface area contributed by atoms with Crippen molar-refractivity contribution in [1.29, 1.82) is 0 Å². The maximum atomic E-state index is 12.5. The molecule has 0 radical (unpaired) electrons. The lowest BCUT2D eigenvalue weighted by Crippen LogP contribution is -2.47. The molecule has 4 bridgehead atoms. The van der Waals surface area contributed by atoms with Gasteiger partial charge in [0, 0.05) is 6.42 Å². The Balaban J connectivity index is 1.48. The third-order valence-corrected chi connectivity index (χ3v) is 5.99. The van der Waals surface area contributed by atoms with Gasteiger partial charge >= 0.3 is 0 Å². The number of nitrogens with one attached hydrogen (secondary N) is 1. The molecule has 4 heteroatoms. The van der Waals surface area contributed by atoms with Gasteiger partial charge in [-0.25, -0.2) is 0 Å². The van der Waals surface area contributed by atoms with Crippen LogP contribution in [0.25, 0.3) is 0 Å². The fourth-order valence-electron chi connectivity index (χ4n) is 5.69. The van der Waals surface area contributed by atoms with E-state index in [9.17, 15) is 15.0 Å². The molecule has 0 spiro atoms. The Morgan fingerprint density at radius 2 is 1.55 bits per heavy atom. The number of hydrogen-bond donors (Lipinski definition) is 3. The molecule has 4 aliphatic rings. The molecule has 1 aromatic carbocycles. The second-order valence-electron chi connectivity index (χ2n) is 7.81. The van der Waals surface area contributed by atoms with E-state index in [2.05, 4.69) is 5.32 Å². The van der Waals surface area contributed by atoms with E-state index in [1.54, 1.807) is 6.07 Å². The van der Waals surface area contributed by atoms with E-state index in [-0.39, 0.29) is 28.5 Å². The summed E-state index contributed by atoms with van der Waals surface area (Å²) in [6, 6.07) is 4.50. The molecule has 4 aliphatic carbocycles. The lowest BCUT2D eigenvalue weighted by atomic mass is 9.49. The van der Waals surface area contributed by atoms with Crippen LogP contribution in [0.1, 0.15) is 44.9 Å². The van der Waals surface area contributed by atoms with Crippen molar-refractivity contribution in [3.63, 3.8) is 0 Å². The Hall–Kier alpha value is -1.71. The number of hydrogen-bond acceptors (Lipinski definition) is 3. The van der Waals surface area contributed by atoms with Crippen LogP contribution in [0.3, 0.4) is 0 Å². The highest BCUT2D eigenvalue weighted by Gasteiger charge is 2.51. The number of amides is 1.